The molecule has 0 radical (unpaired) electrons. The number of benzene rings is 2. The number of ether oxygens (including phenoxy) is 1. The molecule has 164 valence electrons. The van der Waals surface area contributed by atoms with Gasteiger partial charge in [0.15, 0.2) is 11.5 Å². The van der Waals surface area contributed by atoms with Crippen LogP contribution in [0.4, 0.5) is 17.1 Å². The summed E-state index contributed by atoms with van der Waals surface area (Å²) in [6.45, 7) is 2.74. The highest BCUT2D eigenvalue weighted by Gasteiger charge is 2.58. The van der Waals surface area contributed by atoms with E-state index in [9.17, 15) is 19.2 Å². The van der Waals surface area contributed by atoms with Crippen LogP contribution in [0.5, 0.6) is 0 Å². The molecule has 1 atom stereocenters. The van der Waals surface area contributed by atoms with Gasteiger partial charge in [0.05, 0.1) is 17.1 Å². The van der Waals surface area contributed by atoms with Crippen LogP contribution in [0.25, 0.3) is 0 Å². The molecule has 3 amide bonds. The van der Waals surface area contributed by atoms with Gasteiger partial charge in [-0.25, -0.2) is 4.79 Å². The number of hydrogen-bond acceptors (Lipinski definition) is 6. The van der Waals surface area contributed by atoms with E-state index in [1.807, 2.05) is 18.2 Å². The number of rotatable bonds is 3. The molecule has 8 nitrogen and oxygen atoms in total. The van der Waals surface area contributed by atoms with Crippen molar-refractivity contribution in [3.63, 3.8) is 0 Å². The zero-order valence-corrected chi connectivity index (χ0v) is 18.4. The molecule has 3 aliphatic heterocycles. The van der Waals surface area contributed by atoms with Crippen molar-refractivity contribution < 1.29 is 23.9 Å². The van der Waals surface area contributed by atoms with E-state index in [1.165, 1.54) is 21.6 Å². The van der Waals surface area contributed by atoms with E-state index in [4.69, 9.17) is 4.74 Å². The number of carbonyl (C=O) groups is 4. The Morgan fingerprint density at radius 2 is 1.75 bits per heavy atom. The molecule has 9 heteroatoms. The molecule has 0 aromatic heterocycles. The molecular weight excluding hydrogens is 430 g/mol. The van der Waals surface area contributed by atoms with Gasteiger partial charge < -0.3 is 10.1 Å². The van der Waals surface area contributed by atoms with E-state index in [0.29, 0.717) is 23.5 Å². The first-order valence-corrected chi connectivity index (χ1v) is 11.1. The maximum Gasteiger partial charge on any atom is 0.344 e. The molecule has 3 heterocycles. The lowest BCUT2D eigenvalue weighted by molar-refractivity contribution is -0.150. The van der Waals surface area contributed by atoms with Gasteiger partial charge in [0, 0.05) is 17.7 Å². The summed E-state index contributed by atoms with van der Waals surface area (Å²) in [6, 6.07) is 14.3. The van der Waals surface area contributed by atoms with Gasteiger partial charge in [-0.05, 0) is 38.1 Å². The minimum Gasteiger partial charge on any atom is -0.453 e. The minimum absolute atomic E-state index is 0.145. The molecule has 1 fully saturated rings. The topological polar surface area (TPSA) is 96.0 Å². The van der Waals surface area contributed by atoms with E-state index < -0.39 is 28.9 Å². The third-order valence-electron chi connectivity index (χ3n) is 6.08. The zero-order valence-electron chi connectivity index (χ0n) is 17.6. The van der Waals surface area contributed by atoms with Crippen molar-refractivity contribution in [2.24, 2.45) is 0 Å². The minimum atomic E-state index is -1.20. The van der Waals surface area contributed by atoms with Crippen LogP contribution in [0.15, 0.2) is 53.4 Å². The Balaban J connectivity index is 1.39. The number of thioether (sulfide) groups is 1. The smallest absolute Gasteiger partial charge is 0.344 e. The Morgan fingerprint density at radius 1 is 1.06 bits per heavy atom. The number of carbonyl (C=O) groups excluding carboxylic acids is 4. The molecule has 32 heavy (non-hydrogen) atoms. The quantitative estimate of drug-likeness (QED) is 0.721. The molecule has 0 spiro atoms. The average molecular weight is 452 g/mol. The molecule has 0 bridgehead atoms. The first-order valence-electron chi connectivity index (χ1n) is 10.3. The van der Waals surface area contributed by atoms with Crippen molar-refractivity contribution >= 4 is 52.5 Å². The fourth-order valence-corrected chi connectivity index (χ4v) is 5.89. The molecule has 5 rings (SSSR count). The van der Waals surface area contributed by atoms with Crippen molar-refractivity contribution in [1.29, 1.82) is 0 Å². The zero-order chi connectivity index (χ0) is 22.7. The number of hydrogen-bond donors (Lipinski definition) is 1. The fourth-order valence-electron chi connectivity index (χ4n) is 4.48. The highest BCUT2D eigenvalue weighted by atomic mass is 32.2. The fraction of sp³-hybridized carbons (Fsp3) is 0.304. The summed E-state index contributed by atoms with van der Waals surface area (Å²) in [5.74, 6) is -1.62. The van der Waals surface area contributed by atoms with E-state index in [2.05, 4.69) is 5.32 Å². The summed E-state index contributed by atoms with van der Waals surface area (Å²) in [5.41, 5.74) is 0.580. The van der Waals surface area contributed by atoms with Crippen LogP contribution in [-0.4, -0.2) is 40.7 Å². The van der Waals surface area contributed by atoms with Crippen molar-refractivity contribution in [3.8, 4) is 0 Å². The van der Waals surface area contributed by atoms with Gasteiger partial charge in [-0.3, -0.25) is 24.2 Å². The number of nitrogens with one attached hydrogen (secondary N) is 1. The number of nitrogens with zero attached hydrogens (tertiary/aromatic N) is 2. The Labute approximate surface area is 188 Å². The summed E-state index contributed by atoms with van der Waals surface area (Å²) >= 11 is 1.28. The van der Waals surface area contributed by atoms with Crippen LogP contribution in [-0.2, 0) is 23.9 Å². The second-order valence-corrected chi connectivity index (χ2v) is 9.74. The largest absolute Gasteiger partial charge is 0.453 e. The first kappa shape index (κ1) is 20.6. The molecule has 0 aliphatic carbocycles. The molecule has 1 N–H and O–H groups in total. The van der Waals surface area contributed by atoms with Gasteiger partial charge in [0.2, 0.25) is 11.8 Å². The van der Waals surface area contributed by atoms with Crippen LogP contribution in [0.2, 0.25) is 0 Å². The molecule has 2 aromatic rings. The molecule has 1 unspecified atom stereocenters. The normalized spacial score (nSPS) is 22.7. The van der Waals surface area contributed by atoms with E-state index >= 15 is 0 Å². The lowest BCUT2D eigenvalue weighted by atomic mass is 9.96. The Hall–Kier alpha value is -3.33. The third-order valence-corrected chi connectivity index (χ3v) is 7.53. The third kappa shape index (κ3) is 2.84. The lowest BCUT2D eigenvalue weighted by Gasteiger charge is -2.42. The van der Waals surface area contributed by atoms with Crippen LogP contribution in [0.1, 0.15) is 26.7 Å². The Morgan fingerprint density at radius 3 is 2.53 bits per heavy atom. The number of anilines is 3. The molecule has 3 aliphatic rings. The summed E-state index contributed by atoms with van der Waals surface area (Å²) in [7, 11) is 0. The second kappa shape index (κ2) is 7.09. The van der Waals surface area contributed by atoms with Gasteiger partial charge >= 0.3 is 5.97 Å². The molecule has 1 saturated heterocycles. The molecule has 0 saturated carbocycles. The van der Waals surface area contributed by atoms with Crippen molar-refractivity contribution in [1.82, 2.24) is 0 Å². The highest BCUT2D eigenvalue weighted by molar-refractivity contribution is 8.02. The summed E-state index contributed by atoms with van der Waals surface area (Å²) in [4.78, 5) is 54.1. The van der Waals surface area contributed by atoms with Gasteiger partial charge in [0.25, 0.3) is 5.91 Å². The van der Waals surface area contributed by atoms with Crippen LogP contribution in [0, 0.1) is 0 Å². The van der Waals surface area contributed by atoms with Gasteiger partial charge in [0.1, 0.15) is 5.54 Å². The van der Waals surface area contributed by atoms with Crippen molar-refractivity contribution in [2.45, 2.75) is 42.0 Å². The summed E-state index contributed by atoms with van der Waals surface area (Å²) in [6.07, 6.45) is 0.537. The summed E-state index contributed by atoms with van der Waals surface area (Å²) in [5, 5.41) is 2.80. The van der Waals surface area contributed by atoms with E-state index in [-0.39, 0.29) is 18.2 Å². The SMILES string of the molecule is CC1(C)C(=O)Nc2ccccc2N1C(=O)COC(=O)C12CCC(=O)N1c1ccccc1S2. The first-order chi connectivity index (χ1) is 15.3. The molecular formula is C23H21N3O5S. The van der Waals surface area contributed by atoms with Gasteiger partial charge in [-0.2, -0.15) is 0 Å². The summed E-state index contributed by atoms with van der Waals surface area (Å²) < 4.78 is 5.49. The van der Waals surface area contributed by atoms with Gasteiger partial charge in [-0.15, -0.1) is 0 Å². The van der Waals surface area contributed by atoms with Crippen molar-refractivity contribution in [2.75, 3.05) is 21.7 Å². The predicted octanol–water partition coefficient (Wildman–Crippen LogP) is 2.92. The van der Waals surface area contributed by atoms with E-state index in [0.717, 1.165) is 4.90 Å². The van der Waals surface area contributed by atoms with Gasteiger partial charge in [-0.1, -0.05) is 36.0 Å². The lowest BCUT2D eigenvalue weighted by Crippen LogP contribution is -2.59. The number of amides is 3. The maximum atomic E-state index is 13.2. The average Bonchev–Trinajstić information content (AvgIpc) is 3.28. The van der Waals surface area contributed by atoms with Crippen molar-refractivity contribution in [3.05, 3.63) is 48.5 Å². The maximum absolute atomic E-state index is 13.2. The number of esters is 1. The van der Waals surface area contributed by atoms with Crippen LogP contribution < -0.4 is 15.1 Å². The standard InChI is InChI=1S/C23H21N3O5S/c1-22(2)20(29)24-14-7-3-4-8-15(14)25(22)19(28)13-31-21(30)23-12-11-18(27)26(23)16-9-5-6-10-17(16)32-23/h3-10H,11-13H2,1-2H3,(H,24,29). The number of fused-ring (bicyclic) bond motifs is 4. The van der Waals surface area contributed by atoms with Crippen LogP contribution >= 0.6 is 11.8 Å². The Bertz CT molecular complexity index is 1180. The van der Waals surface area contributed by atoms with E-state index in [1.54, 1.807) is 44.2 Å². The molecule has 2 aromatic carbocycles. The monoisotopic (exact) mass is 451 g/mol. The number of para-hydroxylation sites is 3. The Kier molecular flexibility index (Phi) is 4.56. The predicted molar refractivity (Wildman–Crippen MR) is 119 cm³/mol. The second-order valence-electron chi connectivity index (χ2n) is 8.42. The highest BCUT2D eigenvalue weighted by Crippen LogP contribution is 2.56. The van der Waals surface area contributed by atoms with Crippen LogP contribution in [0.3, 0.4) is 0 Å².